The quantitative estimate of drug-likeness (QED) is 0.255. The summed E-state index contributed by atoms with van der Waals surface area (Å²) in [5.41, 5.74) is 1.48. The van der Waals surface area contributed by atoms with E-state index in [0.29, 0.717) is 0 Å². The molecule has 0 radical (unpaired) electrons. The Morgan fingerprint density at radius 2 is 1.42 bits per heavy atom. The van der Waals surface area contributed by atoms with Gasteiger partial charge in [0.15, 0.2) is 6.04 Å². The molecule has 0 aliphatic carbocycles. The number of hydrogen-bond acceptors (Lipinski definition) is 8. The zero-order valence-electron chi connectivity index (χ0n) is 20.0. The summed E-state index contributed by atoms with van der Waals surface area (Å²) >= 11 is 0. The smallest absolute Gasteiger partial charge is 0.408 e. The van der Waals surface area contributed by atoms with Crippen LogP contribution in [0.4, 0.5) is 4.79 Å². The molecule has 3 amide bonds. The van der Waals surface area contributed by atoms with Crippen LogP contribution in [0.15, 0.2) is 60.7 Å². The topological polar surface area (TPSA) is 163 Å². The molecule has 11 heteroatoms. The van der Waals surface area contributed by atoms with E-state index in [1.54, 1.807) is 54.6 Å². The Morgan fingerprint density at radius 3 is 1.94 bits per heavy atom. The average molecular weight is 502 g/mol. The Hall–Kier alpha value is -3.96. The van der Waals surface area contributed by atoms with Gasteiger partial charge in [0.05, 0.1) is 19.8 Å². The fraction of sp³-hybridized carbons (Fsp3) is 0.360. The predicted molar refractivity (Wildman–Crippen MR) is 128 cm³/mol. The standard InChI is InChI=1S/C25H31N3O8/c1-16(30)21(23(32)26-20(14-29)24(33)35-2)28-22(31)19(13-17-9-5-3-6-10-17)27-25(34)36-15-18-11-7-4-8-12-18/h3-12,16,19-21,29-30H,13-15H2,1-2H3,(H,26,32)(H,27,34)(H,28,31)/t16-,19+,20+,21+/m1/s1. The van der Waals surface area contributed by atoms with E-state index < -0.39 is 54.7 Å². The first-order valence-electron chi connectivity index (χ1n) is 11.2. The van der Waals surface area contributed by atoms with Gasteiger partial charge in [-0.05, 0) is 18.1 Å². The maximum absolute atomic E-state index is 13.1. The van der Waals surface area contributed by atoms with Gasteiger partial charge in [0, 0.05) is 6.42 Å². The first-order chi connectivity index (χ1) is 17.2. The number of rotatable bonds is 12. The molecule has 0 fully saturated rings. The van der Waals surface area contributed by atoms with Gasteiger partial charge in [0.1, 0.15) is 18.7 Å². The number of alkyl carbamates (subject to hydrolysis) is 1. The maximum atomic E-state index is 13.1. The second-order valence-corrected chi connectivity index (χ2v) is 7.94. The molecule has 4 atom stereocenters. The Morgan fingerprint density at radius 1 is 0.833 bits per heavy atom. The van der Waals surface area contributed by atoms with E-state index in [0.717, 1.165) is 18.2 Å². The van der Waals surface area contributed by atoms with Crippen molar-refractivity contribution in [1.29, 1.82) is 0 Å². The van der Waals surface area contributed by atoms with E-state index in [1.165, 1.54) is 6.92 Å². The minimum Gasteiger partial charge on any atom is -0.467 e. The van der Waals surface area contributed by atoms with Gasteiger partial charge in [-0.2, -0.15) is 0 Å². The van der Waals surface area contributed by atoms with Gasteiger partial charge >= 0.3 is 12.1 Å². The van der Waals surface area contributed by atoms with Crippen molar-refractivity contribution in [3.05, 3.63) is 71.8 Å². The number of carbonyl (C=O) groups excluding carboxylic acids is 4. The highest BCUT2D eigenvalue weighted by Gasteiger charge is 2.32. The van der Waals surface area contributed by atoms with Crippen molar-refractivity contribution in [2.45, 2.75) is 44.2 Å². The summed E-state index contributed by atoms with van der Waals surface area (Å²) in [6.07, 6.45) is -2.14. The summed E-state index contributed by atoms with van der Waals surface area (Å²) in [7, 11) is 1.09. The Kier molecular flexibility index (Phi) is 11.3. The van der Waals surface area contributed by atoms with Crippen molar-refractivity contribution in [3.63, 3.8) is 0 Å². The Bertz CT molecular complexity index is 1000. The molecule has 194 valence electrons. The highest BCUT2D eigenvalue weighted by molar-refractivity contribution is 5.93. The summed E-state index contributed by atoms with van der Waals surface area (Å²) in [6.45, 7) is 0.510. The first kappa shape index (κ1) is 28.3. The molecule has 0 aliphatic heterocycles. The summed E-state index contributed by atoms with van der Waals surface area (Å²) in [4.78, 5) is 49.9. The van der Waals surface area contributed by atoms with Crippen molar-refractivity contribution in [1.82, 2.24) is 16.0 Å². The van der Waals surface area contributed by atoms with Crippen molar-refractivity contribution < 1.29 is 38.9 Å². The molecule has 36 heavy (non-hydrogen) atoms. The van der Waals surface area contributed by atoms with Gasteiger partial charge in [-0.15, -0.1) is 0 Å². The maximum Gasteiger partial charge on any atom is 0.408 e. The average Bonchev–Trinajstić information content (AvgIpc) is 2.89. The van der Waals surface area contributed by atoms with Crippen LogP contribution in [0, 0.1) is 0 Å². The van der Waals surface area contributed by atoms with Crippen LogP contribution in [0.2, 0.25) is 0 Å². The van der Waals surface area contributed by atoms with E-state index >= 15 is 0 Å². The lowest BCUT2D eigenvalue weighted by molar-refractivity contribution is -0.147. The second-order valence-electron chi connectivity index (χ2n) is 7.94. The van der Waals surface area contributed by atoms with Crippen LogP contribution < -0.4 is 16.0 Å². The van der Waals surface area contributed by atoms with Crippen LogP contribution in [0.5, 0.6) is 0 Å². The van der Waals surface area contributed by atoms with Crippen molar-refractivity contribution in [2.75, 3.05) is 13.7 Å². The molecule has 2 rings (SSSR count). The Balaban J connectivity index is 2.12. The molecule has 5 N–H and O–H groups in total. The van der Waals surface area contributed by atoms with E-state index in [4.69, 9.17) is 4.74 Å². The molecule has 0 aliphatic rings. The fourth-order valence-corrected chi connectivity index (χ4v) is 3.21. The van der Waals surface area contributed by atoms with Gasteiger partial charge in [0.2, 0.25) is 11.8 Å². The zero-order chi connectivity index (χ0) is 26.5. The minimum atomic E-state index is -1.49. The number of aliphatic hydroxyl groups excluding tert-OH is 2. The predicted octanol–water partition coefficient (Wildman–Crippen LogP) is 0.0398. The van der Waals surface area contributed by atoms with Gasteiger partial charge in [0.25, 0.3) is 0 Å². The molecule has 0 heterocycles. The summed E-state index contributed by atoms with van der Waals surface area (Å²) < 4.78 is 9.72. The third kappa shape index (κ3) is 9.01. The van der Waals surface area contributed by atoms with Crippen LogP contribution in [0.1, 0.15) is 18.1 Å². The molecule has 0 saturated heterocycles. The summed E-state index contributed by atoms with van der Waals surface area (Å²) in [5, 5.41) is 26.6. The number of amides is 3. The first-order valence-corrected chi connectivity index (χ1v) is 11.2. The lowest BCUT2D eigenvalue weighted by atomic mass is 10.0. The van der Waals surface area contributed by atoms with Crippen LogP contribution in [-0.2, 0) is 36.9 Å². The fourth-order valence-electron chi connectivity index (χ4n) is 3.21. The van der Waals surface area contributed by atoms with Crippen LogP contribution in [-0.4, -0.2) is 72.0 Å². The number of nitrogens with one attached hydrogen (secondary N) is 3. The van der Waals surface area contributed by atoms with E-state index in [1.807, 2.05) is 6.07 Å². The summed E-state index contributed by atoms with van der Waals surface area (Å²) in [5.74, 6) is -2.59. The second kappa shape index (κ2) is 14.4. The largest absolute Gasteiger partial charge is 0.467 e. The third-order valence-electron chi connectivity index (χ3n) is 5.15. The van der Waals surface area contributed by atoms with E-state index in [-0.39, 0.29) is 13.0 Å². The third-order valence-corrected chi connectivity index (χ3v) is 5.15. The molecular weight excluding hydrogens is 470 g/mol. The van der Waals surface area contributed by atoms with E-state index in [9.17, 15) is 29.4 Å². The highest BCUT2D eigenvalue weighted by atomic mass is 16.5. The lowest BCUT2D eigenvalue weighted by Crippen LogP contribution is -2.59. The van der Waals surface area contributed by atoms with Gasteiger partial charge in [-0.25, -0.2) is 9.59 Å². The molecule has 0 spiro atoms. The number of ether oxygens (including phenoxy) is 2. The number of methoxy groups -OCH3 is 1. The number of hydrogen-bond donors (Lipinski definition) is 5. The van der Waals surface area contributed by atoms with Gasteiger partial charge in [-0.1, -0.05) is 60.7 Å². The van der Waals surface area contributed by atoms with Crippen LogP contribution >= 0.6 is 0 Å². The highest BCUT2D eigenvalue weighted by Crippen LogP contribution is 2.07. The van der Waals surface area contributed by atoms with Crippen molar-refractivity contribution >= 4 is 23.9 Å². The number of aliphatic hydroxyl groups is 2. The Labute approximate surface area is 208 Å². The van der Waals surface area contributed by atoms with Crippen LogP contribution in [0.25, 0.3) is 0 Å². The number of carbonyl (C=O) groups is 4. The molecule has 0 saturated carbocycles. The van der Waals surface area contributed by atoms with Crippen LogP contribution in [0.3, 0.4) is 0 Å². The SMILES string of the molecule is COC(=O)[C@H](CO)NC(=O)[C@@H](NC(=O)[C@H](Cc1ccccc1)NC(=O)OCc1ccccc1)[C@@H](C)O. The molecule has 2 aromatic rings. The molecule has 11 nitrogen and oxygen atoms in total. The number of esters is 1. The minimum absolute atomic E-state index is 0.0128. The molecule has 0 bridgehead atoms. The normalized spacial score (nSPS) is 13.9. The lowest BCUT2D eigenvalue weighted by Gasteiger charge is -2.26. The molecule has 0 unspecified atom stereocenters. The van der Waals surface area contributed by atoms with Crippen molar-refractivity contribution in [3.8, 4) is 0 Å². The van der Waals surface area contributed by atoms with Crippen molar-refractivity contribution in [2.24, 2.45) is 0 Å². The van der Waals surface area contributed by atoms with E-state index in [2.05, 4.69) is 20.7 Å². The zero-order valence-corrected chi connectivity index (χ0v) is 20.0. The molecule has 2 aromatic carbocycles. The molecule has 0 aromatic heterocycles. The summed E-state index contributed by atoms with van der Waals surface area (Å²) in [6, 6.07) is 13.8. The number of benzene rings is 2. The molecular formula is C25H31N3O8. The monoisotopic (exact) mass is 501 g/mol. The van der Waals surface area contributed by atoms with Gasteiger partial charge < -0.3 is 35.6 Å². The van der Waals surface area contributed by atoms with Gasteiger partial charge in [-0.3, -0.25) is 9.59 Å².